The number of likely N-dealkylation sites (tertiary alicyclic amines) is 1. The Morgan fingerprint density at radius 3 is 2.32 bits per heavy atom. The molecule has 0 saturated carbocycles. The zero-order chi connectivity index (χ0) is 24.8. The van der Waals surface area contributed by atoms with Gasteiger partial charge in [0.2, 0.25) is 0 Å². The number of anilines is 1. The number of carbonyl (C=O) groups is 1. The molecular formula is C21H24ClF6N3O3. The molecule has 0 bridgehead atoms. The third-order valence-corrected chi connectivity index (χ3v) is 7.11. The van der Waals surface area contributed by atoms with Crippen LogP contribution in [0.25, 0.3) is 0 Å². The Hall–Kier alpha value is -1.76. The second kappa shape index (κ2) is 9.36. The summed E-state index contributed by atoms with van der Waals surface area (Å²) in [6.07, 6.45) is -11.1. The standard InChI is InChI=1S/C21H24ClF6N3O3/c22-12-2-1-11(15(7-12)31-3-5-34-6-4-31)8-30-9-13-14(10-30)17(19(32)33)29-16(13)18(20(23,24)25)21(26,27)28/h1-2,7,13-14,16-18,29H,3-6,8-10H2,(H,32,33). The highest BCUT2D eigenvalue weighted by Gasteiger charge is 2.66. The van der Waals surface area contributed by atoms with Gasteiger partial charge in [0.25, 0.3) is 0 Å². The summed E-state index contributed by atoms with van der Waals surface area (Å²) in [5.41, 5.74) is 1.63. The normalized spacial score (nSPS) is 28.5. The smallest absolute Gasteiger partial charge is 0.402 e. The number of aliphatic carboxylic acids is 1. The zero-order valence-corrected chi connectivity index (χ0v) is 18.6. The summed E-state index contributed by atoms with van der Waals surface area (Å²) in [7, 11) is 0. The first-order chi connectivity index (χ1) is 15.9. The molecule has 0 spiro atoms. The summed E-state index contributed by atoms with van der Waals surface area (Å²) in [6, 6.07) is 1.66. The summed E-state index contributed by atoms with van der Waals surface area (Å²) >= 11 is 6.17. The topological polar surface area (TPSA) is 65.0 Å². The molecule has 3 aliphatic rings. The Balaban J connectivity index is 1.58. The number of carboxylic acid groups (broad SMARTS) is 1. The predicted octanol–water partition coefficient (Wildman–Crippen LogP) is 3.39. The van der Waals surface area contributed by atoms with Gasteiger partial charge < -0.3 is 20.1 Å². The highest BCUT2D eigenvalue weighted by atomic mass is 35.5. The van der Waals surface area contributed by atoms with E-state index in [2.05, 4.69) is 10.2 Å². The number of hydrogen-bond donors (Lipinski definition) is 2. The molecule has 6 nitrogen and oxygen atoms in total. The van der Waals surface area contributed by atoms with Crippen LogP contribution in [0.4, 0.5) is 32.0 Å². The Labute approximate surface area is 196 Å². The van der Waals surface area contributed by atoms with Gasteiger partial charge in [-0.1, -0.05) is 17.7 Å². The Morgan fingerprint density at radius 2 is 1.74 bits per heavy atom. The number of rotatable bonds is 5. The van der Waals surface area contributed by atoms with Crippen LogP contribution in [-0.2, 0) is 16.1 Å². The van der Waals surface area contributed by atoms with Crippen molar-refractivity contribution in [1.82, 2.24) is 10.2 Å². The predicted molar refractivity (Wildman–Crippen MR) is 111 cm³/mol. The number of halogens is 7. The summed E-state index contributed by atoms with van der Waals surface area (Å²) in [5, 5.41) is 12.2. The molecule has 34 heavy (non-hydrogen) atoms. The van der Waals surface area contributed by atoms with E-state index in [0.717, 1.165) is 11.3 Å². The van der Waals surface area contributed by atoms with Crippen molar-refractivity contribution in [2.45, 2.75) is 31.0 Å². The van der Waals surface area contributed by atoms with Gasteiger partial charge in [0.15, 0.2) is 5.92 Å². The average Bonchev–Trinajstić information content (AvgIpc) is 3.27. The lowest BCUT2D eigenvalue weighted by atomic mass is 9.84. The molecule has 4 rings (SSSR count). The Morgan fingerprint density at radius 1 is 1.12 bits per heavy atom. The van der Waals surface area contributed by atoms with E-state index in [0.29, 0.717) is 31.3 Å². The van der Waals surface area contributed by atoms with Gasteiger partial charge in [-0.2, -0.15) is 26.3 Å². The van der Waals surface area contributed by atoms with Crippen molar-refractivity contribution in [2.75, 3.05) is 44.3 Å². The largest absolute Gasteiger partial charge is 0.480 e. The molecule has 3 saturated heterocycles. The molecule has 4 atom stereocenters. The summed E-state index contributed by atoms with van der Waals surface area (Å²) < 4.78 is 86.0. The van der Waals surface area contributed by atoms with Crippen LogP contribution in [0.1, 0.15) is 5.56 Å². The Bertz CT molecular complexity index is 895. The van der Waals surface area contributed by atoms with Crippen LogP contribution in [-0.4, -0.2) is 79.8 Å². The van der Waals surface area contributed by atoms with E-state index in [-0.39, 0.29) is 19.6 Å². The first-order valence-corrected chi connectivity index (χ1v) is 11.2. The number of morpholine rings is 1. The van der Waals surface area contributed by atoms with Crippen molar-refractivity contribution in [3.05, 3.63) is 28.8 Å². The van der Waals surface area contributed by atoms with Crippen LogP contribution in [0.2, 0.25) is 5.02 Å². The Kier molecular flexibility index (Phi) is 6.98. The van der Waals surface area contributed by atoms with Crippen LogP contribution >= 0.6 is 11.6 Å². The highest BCUT2D eigenvalue weighted by Crippen LogP contribution is 2.48. The molecule has 3 heterocycles. The molecule has 1 aromatic rings. The monoisotopic (exact) mass is 515 g/mol. The van der Waals surface area contributed by atoms with Crippen molar-refractivity contribution in [3.63, 3.8) is 0 Å². The van der Waals surface area contributed by atoms with Gasteiger partial charge in [-0.05, 0) is 23.6 Å². The van der Waals surface area contributed by atoms with Gasteiger partial charge in [0, 0.05) is 55.4 Å². The minimum atomic E-state index is -5.55. The zero-order valence-electron chi connectivity index (χ0n) is 17.9. The van der Waals surface area contributed by atoms with E-state index >= 15 is 0 Å². The van der Waals surface area contributed by atoms with Gasteiger partial charge >= 0.3 is 18.3 Å². The fourth-order valence-electron chi connectivity index (χ4n) is 5.46. The summed E-state index contributed by atoms with van der Waals surface area (Å²) in [5.74, 6) is -7.10. The van der Waals surface area contributed by atoms with E-state index in [1.54, 1.807) is 23.1 Å². The number of fused-ring (bicyclic) bond motifs is 1. The molecule has 3 fully saturated rings. The number of carboxylic acids is 1. The van der Waals surface area contributed by atoms with Crippen LogP contribution in [0.15, 0.2) is 18.2 Å². The van der Waals surface area contributed by atoms with Crippen molar-refractivity contribution >= 4 is 23.3 Å². The molecular weight excluding hydrogens is 492 g/mol. The summed E-state index contributed by atoms with van der Waals surface area (Å²) in [6.45, 7) is 2.50. The summed E-state index contributed by atoms with van der Waals surface area (Å²) in [4.78, 5) is 15.5. The number of benzene rings is 1. The van der Waals surface area contributed by atoms with E-state index in [9.17, 15) is 36.2 Å². The van der Waals surface area contributed by atoms with Crippen molar-refractivity contribution in [3.8, 4) is 0 Å². The lowest BCUT2D eigenvalue weighted by molar-refractivity contribution is -0.293. The SMILES string of the molecule is O=C(O)C1NC(C(C(F)(F)F)C(F)(F)F)C2CN(Cc3ccc(Cl)cc3N3CCOCC3)CC12. The molecule has 0 aromatic heterocycles. The van der Waals surface area contributed by atoms with Gasteiger partial charge in [0.1, 0.15) is 6.04 Å². The molecule has 0 radical (unpaired) electrons. The third kappa shape index (κ3) is 5.09. The highest BCUT2D eigenvalue weighted by molar-refractivity contribution is 6.30. The lowest BCUT2D eigenvalue weighted by Crippen LogP contribution is -2.53. The molecule has 3 aliphatic heterocycles. The van der Waals surface area contributed by atoms with Crippen molar-refractivity contribution in [2.24, 2.45) is 17.8 Å². The minimum absolute atomic E-state index is 0.0682. The van der Waals surface area contributed by atoms with E-state index < -0.39 is 48.2 Å². The van der Waals surface area contributed by atoms with Gasteiger partial charge in [-0.3, -0.25) is 9.69 Å². The average molecular weight is 516 g/mol. The van der Waals surface area contributed by atoms with Crippen LogP contribution < -0.4 is 10.2 Å². The molecule has 13 heteroatoms. The number of alkyl halides is 6. The maximum atomic E-state index is 13.4. The molecule has 2 N–H and O–H groups in total. The first kappa shape index (κ1) is 25.3. The number of nitrogens with one attached hydrogen (secondary N) is 1. The van der Waals surface area contributed by atoms with Crippen LogP contribution in [0.5, 0.6) is 0 Å². The van der Waals surface area contributed by atoms with Gasteiger partial charge in [-0.15, -0.1) is 0 Å². The second-order valence-electron chi connectivity index (χ2n) is 8.96. The number of ether oxygens (including phenoxy) is 1. The lowest BCUT2D eigenvalue weighted by Gasteiger charge is -2.33. The molecule has 4 unspecified atom stereocenters. The van der Waals surface area contributed by atoms with Gasteiger partial charge in [-0.25, -0.2) is 0 Å². The molecule has 0 aliphatic carbocycles. The van der Waals surface area contributed by atoms with E-state index in [1.165, 1.54) is 0 Å². The van der Waals surface area contributed by atoms with Crippen molar-refractivity contribution in [1.29, 1.82) is 0 Å². The maximum Gasteiger partial charge on any atom is 0.402 e. The third-order valence-electron chi connectivity index (χ3n) is 6.87. The van der Waals surface area contributed by atoms with Crippen LogP contribution in [0.3, 0.4) is 0 Å². The van der Waals surface area contributed by atoms with Crippen molar-refractivity contribution < 1.29 is 41.0 Å². The first-order valence-electron chi connectivity index (χ1n) is 10.8. The quantitative estimate of drug-likeness (QED) is 0.586. The minimum Gasteiger partial charge on any atom is -0.480 e. The van der Waals surface area contributed by atoms with Gasteiger partial charge in [0.05, 0.1) is 13.2 Å². The molecule has 190 valence electrons. The molecule has 1 aromatic carbocycles. The number of nitrogens with zero attached hydrogens (tertiary/aromatic N) is 2. The molecule has 0 amide bonds. The van der Waals surface area contributed by atoms with E-state index in [1.807, 2.05) is 0 Å². The fourth-order valence-corrected chi connectivity index (χ4v) is 5.62. The van der Waals surface area contributed by atoms with E-state index in [4.69, 9.17) is 16.3 Å². The second-order valence-corrected chi connectivity index (χ2v) is 9.40. The maximum absolute atomic E-state index is 13.4. The van der Waals surface area contributed by atoms with Crippen LogP contribution in [0, 0.1) is 17.8 Å². The fraction of sp³-hybridized carbons (Fsp3) is 0.667. The number of hydrogen-bond acceptors (Lipinski definition) is 5.